The van der Waals surface area contributed by atoms with Crippen molar-refractivity contribution in [2.24, 2.45) is 0 Å². The summed E-state index contributed by atoms with van der Waals surface area (Å²) in [6.07, 6.45) is 2.63. The van der Waals surface area contributed by atoms with Crippen molar-refractivity contribution in [3.05, 3.63) is 53.9 Å². The average molecular weight is 202 g/mol. The van der Waals surface area contributed by atoms with E-state index in [0.717, 1.165) is 25.2 Å². The number of hydrogen-bond acceptors (Lipinski definition) is 3. The van der Waals surface area contributed by atoms with E-state index in [-0.39, 0.29) is 0 Å². The third-order valence-electron chi connectivity index (χ3n) is 2.23. The Morgan fingerprint density at radius 2 is 2.00 bits per heavy atom. The van der Waals surface area contributed by atoms with E-state index in [1.807, 2.05) is 12.1 Å². The highest BCUT2D eigenvalue weighted by Crippen LogP contribution is 1.98. The molecule has 2 aromatic rings. The van der Waals surface area contributed by atoms with Gasteiger partial charge in [0.05, 0.1) is 5.69 Å². The largest absolute Gasteiger partial charge is 0.364 e. The molecule has 0 radical (unpaired) electrons. The molecule has 0 saturated heterocycles. The Kier molecular flexibility index (Phi) is 3.52. The van der Waals surface area contributed by atoms with Gasteiger partial charge in [0.25, 0.3) is 0 Å². The van der Waals surface area contributed by atoms with Gasteiger partial charge in [0.2, 0.25) is 0 Å². The second-order valence-corrected chi connectivity index (χ2v) is 3.40. The van der Waals surface area contributed by atoms with E-state index in [1.165, 1.54) is 5.56 Å². The molecule has 0 atom stereocenters. The fourth-order valence-electron chi connectivity index (χ4n) is 1.42. The second-order valence-electron chi connectivity index (χ2n) is 3.40. The van der Waals surface area contributed by atoms with Gasteiger partial charge < -0.3 is 9.84 Å². The van der Waals surface area contributed by atoms with E-state index in [1.54, 1.807) is 6.26 Å². The summed E-state index contributed by atoms with van der Waals surface area (Å²) in [4.78, 5) is 0. The molecule has 15 heavy (non-hydrogen) atoms. The van der Waals surface area contributed by atoms with E-state index in [2.05, 4.69) is 34.7 Å². The summed E-state index contributed by atoms with van der Waals surface area (Å²) >= 11 is 0. The van der Waals surface area contributed by atoms with Crippen LogP contribution in [0.4, 0.5) is 0 Å². The van der Waals surface area contributed by atoms with Crippen LogP contribution >= 0.6 is 0 Å². The topological polar surface area (TPSA) is 38.1 Å². The lowest BCUT2D eigenvalue weighted by Gasteiger charge is -2.02. The van der Waals surface area contributed by atoms with Crippen LogP contribution in [0.25, 0.3) is 0 Å². The first-order valence-corrected chi connectivity index (χ1v) is 5.09. The molecule has 3 heteroatoms. The fourth-order valence-corrected chi connectivity index (χ4v) is 1.42. The molecular formula is C12H14N2O. The first kappa shape index (κ1) is 9.93. The van der Waals surface area contributed by atoms with Gasteiger partial charge in [-0.1, -0.05) is 35.5 Å². The smallest absolute Gasteiger partial charge is 0.124 e. The van der Waals surface area contributed by atoms with Crippen LogP contribution in [0.5, 0.6) is 0 Å². The monoisotopic (exact) mass is 202 g/mol. The number of nitrogens with zero attached hydrogens (tertiary/aromatic N) is 1. The van der Waals surface area contributed by atoms with Crippen molar-refractivity contribution in [1.29, 1.82) is 0 Å². The molecule has 2 rings (SSSR count). The van der Waals surface area contributed by atoms with Crippen molar-refractivity contribution in [2.45, 2.75) is 13.0 Å². The van der Waals surface area contributed by atoms with Gasteiger partial charge in [-0.3, -0.25) is 0 Å². The molecule has 0 aliphatic rings. The number of rotatable bonds is 5. The molecule has 0 spiro atoms. The lowest BCUT2D eigenvalue weighted by atomic mass is 10.1. The molecule has 0 unspecified atom stereocenters. The predicted octanol–water partition coefficient (Wildman–Crippen LogP) is 2.01. The van der Waals surface area contributed by atoms with Gasteiger partial charge in [0.15, 0.2) is 0 Å². The summed E-state index contributed by atoms with van der Waals surface area (Å²) < 4.78 is 4.74. The first-order chi connectivity index (χ1) is 7.45. The molecule has 0 aliphatic carbocycles. The first-order valence-electron chi connectivity index (χ1n) is 5.09. The highest BCUT2D eigenvalue weighted by atomic mass is 16.5. The van der Waals surface area contributed by atoms with Crippen LogP contribution in [0.15, 0.2) is 47.2 Å². The minimum Gasteiger partial charge on any atom is -0.364 e. The van der Waals surface area contributed by atoms with Crippen LogP contribution in [0.2, 0.25) is 0 Å². The van der Waals surface area contributed by atoms with Crippen molar-refractivity contribution in [2.75, 3.05) is 6.54 Å². The van der Waals surface area contributed by atoms with Gasteiger partial charge in [0.1, 0.15) is 6.26 Å². The molecule has 1 heterocycles. The van der Waals surface area contributed by atoms with Gasteiger partial charge >= 0.3 is 0 Å². The van der Waals surface area contributed by atoms with Crippen molar-refractivity contribution in [3.63, 3.8) is 0 Å². The SMILES string of the molecule is c1ccc(CCNCc2ccon2)cc1. The molecule has 0 aliphatic heterocycles. The predicted molar refractivity (Wildman–Crippen MR) is 58.4 cm³/mol. The summed E-state index contributed by atoms with van der Waals surface area (Å²) in [7, 11) is 0. The number of aromatic nitrogens is 1. The van der Waals surface area contributed by atoms with Crippen molar-refractivity contribution >= 4 is 0 Å². The van der Waals surface area contributed by atoms with Crippen molar-refractivity contribution in [3.8, 4) is 0 Å². The molecule has 1 N–H and O–H groups in total. The van der Waals surface area contributed by atoms with E-state index in [4.69, 9.17) is 4.52 Å². The third kappa shape index (κ3) is 3.22. The lowest BCUT2D eigenvalue weighted by molar-refractivity contribution is 0.408. The summed E-state index contributed by atoms with van der Waals surface area (Å²) in [6.45, 7) is 1.72. The van der Waals surface area contributed by atoms with Crippen LogP contribution < -0.4 is 5.32 Å². The Hall–Kier alpha value is -1.61. The molecule has 0 saturated carbocycles. The van der Waals surface area contributed by atoms with Crippen molar-refractivity contribution in [1.82, 2.24) is 10.5 Å². The third-order valence-corrected chi connectivity index (χ3v) is 2.23. The van der Waals surface area contributed by atoms with Gasteiger partial charge in [-0.25, -0.2) is 0 Å². The number of benzene rings is 1. The second kappa shape index (κ2) is 5.32. The summed E-state index contributed by atoms with van der Waals surface area (Å²) in [6, 6.07) is 12.3. The molecule has 0 bridgehead atoms. The Labute approximate surface area is 89.1 Å². The zero-order valence-electron chi connectivity index (χ0n) is 8.52. The fraction of sp³-hybridized carbons (Fsp3) is 0.250. The van der Waals surface area contributed by atoms with Crippen LogP contribution in [0.1, 0.15) is 11.3 Å². The number of nitrogens with one attached hydrogen (secondary N) is 1. The van der Waals surface area contributed by atoms with Gasteiger partial charge in [0, 0.05) is 12.6 Å². The Morgan fingerprint density at radius 1 is 1.13 bits per heavy atom. The molecule has 3 nitrogen and oxygen atoms in total. The highest BCUT2D eigenvalue weighted by Gasteiger charge is 1.95. The Morgan fingerprint density at radius 3 is 2.73 bits per heavy atom. The molecule has 0 amide bonds. The highest BCUT2D eigenvalue weighted by molar-refractivity contribution is 5.14. The molecule has 0 fully saturated rings. The maximum Gasteiger partial charge on any atom is 0.124 e. The lowest BCUT2D eigenvalue weighted by Crippen LogP contribution is -2.16. The maximum absolute atomic E-state index is 4.74. The molecule has 78 valence electrons. The zero-order chi connectivity index (χ0) is 10.3. The standard InChI is InChI=1S/C12H14N2O/c1-2-4-11(5-3-1)6-8-13-10-12-7-9-15-14-12/h1-5,7,9,13H,6,8,10H2. The summed E-state index contributed by atoms with van der Waals surface area (Å²) in [5.41, 5.74) is 2.30. The molecule has 1 aromatic heterocycles. The Balaban J connectivity index is 1.68. The van der Waals surface area contributed by atoms with Gasteiger partial charge in [-0.15, -0.1) is 0 Å². The van der Waals surface area contributed by atoms with Crippen LogP contribution in [-0.4, -0.2) is 11.7 Å². The van der Waals surface area contributed by atoms with E-state index < -0.39 is 0 Å². The number of hydrogen-bond donors (Lipinski definition) is 1. The molecule has 1 aromatic carbocycles. The van der Waals surface area contributed by atoms with Gasteiger partial charge in [-0.2, -0.15) is 0 Å². The van der Waals surface area contributed by atoms with Crippen LogP contribution in [0, 0.1) is 0 Å². The van der Waals surface area contributed by atoms with Gasteiger partial charge in [-0.05, 0) is 18.5 Å². The van der Waals surface area contributed by atoms with Crippen LogP contribution in [0.3, 0.4) is 0 Å². The van der Waals surface area contributed by atoms with Crippen LogP contribution in [-0.2, 0) is 13.0 Å². The zero-order valence-corrected chi connectivity index (χ0v) is 8.52. The average Bonchev–Trinajstić information content (AvgIpc) is 2.79. The normalized spacial score (nSPS) is 10.4. The molecular weight excluding hydrogens is 188 g/mol. The Bertz CT molecular complexity index is 370. The van der Waals surface area contributed by atoms with E-state index in [9.17, 15) is 0 Å². The minimum atomic E-state index is 0.767. The maximum atomic E-state index is 4.74. The van der Waals surface area contributed by atoms with E-state index >= 15 is 0 Å². The quantitative estimate of drug-likeness (QED) is 0.754. The summed E-state index contributed by atoms with van der Waals surface area (Å²) in [5.74, 6) is 0. The minimum absolute atomic E-state index is 0.767. The van der Waals surface area contributed by atoms with Crippen molar-refractivity contribution < 1.29 is 4.52 Å². The summed E-state index contributed by atoms with van der Waals surface area (Å²) in [5, 5.41) is 7.14. The van der Waals surface area contributed by atoms with E-state index in [0.29, 0.717) is 0 Å².